The number of benzene rings is 1. The quantitative estimate of drug-likeness (QED) is 0.864. The highest BCUT2D eigenvalue weighted by Gasteiger charge is 2.44. The van der Waals surface area contributed by atoms with Crippen molar-refractivity contribution in [3.63, 3.8) is 0 Å². The first-order chi connectivity index (χ1) is 13.7. The summed E-state index contributed by atoms with van der Waals surface area (Å²) in [5.41, 5.74) is 1.11. The van der Waals surface area contributed by atoms with Crippen LogP contribution in [0.5, 0.6) is 0 Å². The van der Waals surface area contributed by atoms with Gasteiger partial charge in [-0.25, -0.2) is 0 Å². The van der Waals surface area contributed by atoms with Gasteiger partial charge in [-0.3, -0.25) is 9.48 Å². The average Bonchev–Trinajstić information content (AvgIpc) is 3.22. The van der Waals surface area contributed by atoms with Gasteiger partial charge in [-0.1, -0.05) is 37.3 Å². The molecule has 1 aromatic carbocycles. The maximum absolute atomic E-state index is 12.6. The van der Waals surface area contributed by atoms with E-state index < -0.39 is 0 Å². The Balaban J connectivity index is 1.42. The van der Waals surface area contributed by atoms with Crippen LogP contribution in [0.4, 0.5) is 0 Å². The van der Waals surface area contributed by atoms with Crippen LogP contribution in [0.1, 0.15) is 44.3 Å². The average molecular weight is 383 g/mol. The van der Waals surface area contributed by atoms with E-state index in [4.69, 9.17) is 4.74 Å². The summed E-state index contributed by atoms with van der Waals surface area (Å²) in [4.78, 5) is 14.6. The highest BCUT2D eigenvalue weighted by atomic mass is 16.5. The fourth-order valence-corrected chi connectivity index (χ4v) is 4.62. The third-order valence-corrected chi connectivity index (χ3v) is 6.06. The molecule has 2 aliphatic heterocycles. The Labute approximate surface area is 166 Å². The van der Waals surface area contributed by atoms with E-state index >= 15 is 0 Å². The highest BCUT2D eigenvalue weighted by Crippen LogP contribution is 2.43. The number of nitrogens with zero attached hydrogens (tertiary/aromatic N) is 3. The zero-order valence-corrected chi connectivity index (χ0v) is 16.6. The van der Waals surface area contributed by atoms with Gasteiger partial charge in [0, 0.05) is 31.5 Å². The standard InChI is InChI=1S/C22H30N4O2/c1-2-23-19-15-20(18-7-4-3-5-8-18)28-22(16-19)9-13-25(14-10-22)21(27)17-26-12-6-11-24-26/h3-8,11-12,19-20,23H,2,9-10,13-17H2,1H3/t19-,20-/m0/s1. The summed E-state index contributed by atoms with van der Waals surface area (Å²) in [6.07, 6.45) is 7.46. The molecule has 2 fully saturated rings. The molecule has 150 valence electrons. The first kappa shape index (κ1) is 19.2. The van der Waals surface area contributed by atoms with Gasteiger partial charge in [0.1, 0.15) is 6.54 Å². The van der Waals surface area contributed by atoms with Crippen LogP contribution in [0, 0.1) is 0 Å². The molecule has 1 aromatic heterocycles. The lowest BCUT2D eigenvalue weighted by Crippen LogP contribution is -2.54. The van der Waals surface area contributed by atoms with Crippen LogP contribution in [0.3, 0.4) is 0 Å². The van der Waals surface area contributed by atoms with Crippen LogP contribution in [-0.4, -0.2) is 51.9 Å². The molecule has 6 nitrogen and oxygen atoms in total. The minimum absolute atomic E-state index is 0.116. The smallest absolute Gasteiger partial charge is 0.244 e. The van der Waals surface area contributed by atoms with Crippen LogP contribution in [0.25, 0.3) is 0 Å². The van der Waals surface area contributed by atoms with E-state index in [1.165, 1.54) is 5.56 Å². The summed E-state index contributed by atoms with van der Waals surface area (Å²) in [5, 5.41) is 7.79. The Morgan fingerprint density at radius 1 is 1.25 bits per heavy atom. The highest BCUT2D eigenvalue weighted by molar-refractivity contribution is 5.76. The Hall–Kier alpha value is -2.18. The summed E-state index contributed by atoms with van der Waals surface area (Å²) in [6, 6.07) is 12.8. The van der Waals surface area contributed by atoms with Crippen molar-refractivity contribution in [2.75, 3.05) is 19.6 Å². The van der Waals surface area contributed by atoms with E-state index in [2.05, 4.69) is 41.6 Å². The molecule has 2 aromatic rings. The molecule has 4 rings (SSSR count). The van der Waals surface area contributed by atoms with E-state index in [1.807, 2.05) is 23.2 Å². The van der Waals surface area contributed by atoms with Crippen LogP contribution in [-0.2, 0) is 16.1 Å². The molecule has 6 heteroatoms. The Morgan fingerprint density at radius 2 is 2.04 bits per heavy atom. The van der Waals surface area contributed by atoms with E-state index in [0.717, 1.165) is 45.3 Å². The van der Waals surface area contributed by atoms with Gasteiger partial charge in [0.25, 0.3) is 0 Å². The zero-order valence-electron chi connectivity index (χ0n) is 16.6. The minimum atomic E-state index is -0.145. The molecule has 0 bridgehead atoms. The first-order valence-electron chi connectivity index (χ1n) is 10.4. The number of piperidine rings is 1. The topological polar surface area (TPSA) is 59.4 Å². The van der Waals surface area contributed by atoms with Crippen molar-refractivity contribution in [1.29, 1.82) is 0 Å². The van der Waals surface area contributed by atoms with Gasteiger partial charge in [-0.05, 0) is 43.9 Å². The summed E-state index contributed by atoms with van der Waals surface area (Å²) in [6.45, 7) is 4.95. The van der Waals surface area contributed by atoms with E-state index in [9.17, 15) is 4.79 Å². The van der Waals surface area contributed by atoms with Crippen molar-refractivity contribution >= 4 is 5.91 Å². The molecule has 2 atom stereocenters. The molecule has 0 radical (unpaired) electrons. The number of likely N-dealkylation sites (tertiary alicyclic amines) is 1. The zero-order chi connectivity index (χ0) is 19.4. The normalized spacial score (nSPS) is 24.4. The second-order valence-corrected chi connectivity index (χ2v) is 7.98. The van der Waals surface area contributed by atoms with Crippen LogP contribution >= 0.6 is 0 Å². The number of ether oxygens (including phenoxy) is 1. The number of hydrogen-bond donors (Lipinski definition) is 1. The second-order valence-electron chi connectivity index (χ2n) is 7.98. The molecule has 1 amide bonds. The summed E-state index contributed by atoms with van der Waals surface area (Å²) >= 11 is 0. The number of amides is 1. The van der Waals surface area contributed by atoms with Crippen molar-refractivity contribution in [3.8, 4) is 0 Å². The SMILES string of the molecule is CCN[C@H]1C[C@@H](c2ccccc2)OC2(CCN(C(=O)Cn3cccn3)CC2)C1. The fourth-order valence-electron chi connectivity index (χ4n) is 4.62. The maximum atomic E-state index is 12.6. The molecular formula is C22H30N4O2. The molecule has 0 aliphatic carbocycles. The van der Waals surface area contributed by atoms with Crippen LogP contribution in [0.15, 0.2) is 48.8 Å². The number of rotatable bonds is 5. The number of hydrogen-bond acceptors (Lipinski definition) is 4. The van der Waals surface area contributed by atoms with Crippen molar-refractivity contribution in [1.82, 2.24) is 20.0 Å². The predicted molar refractivity (Wildman–Crippen MR) is 108 cm³/mol. The number of nitrogens with one attached hydrogen (secondary N) is 1. The fraction of sp³-hybridized carbons (Fsp3) is 0.545. The van der Waals surface area contributed by atoms with E-state index in [1.54, 1.807) is 10.9 Å². The lowest BCUT2D eigenvalue weighted by Gasteiger charge is -2.49. The van der Waals surface area contributed by atoms with E-state index in [0.29, 0.717) is 12.6 Å². The third-order valence-electron chi connectivity index (χ3n) is 6.06. The molecule has 2 saturated heterocycles. The van der Waals surface area contributed by atoms with Gasteiger partial charge in [-0.15, -0.1) is 0 Å². The largest absolute Gasteiger partial charge is 0.367 e. The molecule has 1 N–H and O–H groups in total. The lowest BCUT2D eigenvalue weighted by atomic mass is 9.79. The summed E-state index contributed by atoms with van der Waals surface area (Å²) in [7, 11) is 0. The molecular weight excluding hydrogens is 352 g/mol. The Morgan fingerprint density at radius 3 is 2.71 bits per heavy atom. The number of carbonyl (C=O) groups is 1. The van der Waals surface area contributed by atoms with Crippen molar-refractivity contribution in [2.24, 2.45) is 0 Å². The monoisotopic (exact) mass is 382 g/mol. The van der Waals surface area contributed by atoms with Gasteiger partial charge in [0.15, 0.2) is 0 Å². The van der Waals surface area contributed by atoms with Crippen molar-refractivity contribution in [3.05, 3.63) is 54.4 Å². The summed E-state index contributed by atoms with van der Waals surface area (Å²) in [5.74, 6) is 0.136. The molecule has 0 unspecified atom stereocenters. The van der Waals surface area contributed by atoms with Gasteiger partial charge in [0.05, 0.1) is 11.7 Å². The minimum Gasteiger partial charge on any atom is -0.367 e. The molecule has 3 heterocycles. The maximum Gasteiger partial charge on any atom is 0.244 e. The van der Waals surface area contributed by atoms with Gasteiger partial charge in [-0.2, -0.15) is 5.10 Å². The van der Waals surface area contributed by atoms with E-state index in [-0.39, 0.29) is 17.6 Å². The Kier molecular flexibility index (Phi) is 5.78. The van der Waals surface area contributed by atoms with Crippen LogP contribution < -0.4 is 5.32 Å². The summed E-state index contributed by atoms with van der Waals surface area (Å²) < 4.78 is 8.41. The van der Waals surface area contributed by atoms with Gasteiger partial charge in [0.2, 0.25) is 5.91 Å². The molecule has 1 spiro atoms. The second kappa shape index (κ2) is 8.45. The molecule has 2 aliphatic rings. The first-order valence-corrected chi connectivity index (χ1v) is 10.4. The Bertz CT molecular complexity index is 754. The number of carbonyl (C=O) groups excluding carboxylic acids is 1. The predicted octanol–water partition coefficient (Wildman–Crippen LogP) is 2.77. The van der Waals surface area contributed by atoms with Crippen molar-refractivity contribution < 1.29 is 9.53 Å². The lowest BCUT2D eigenvalue weighted by molar-refractivity contribution is -0.168. The van der Waals surface area contributed by atoms with Gasteiger partial charge >= 0.3 is 0 Å². The molecule has 0 saturated carbocycles. The van der Waals surface area contributed by atoms with Crippen molar-refractivity contribution in [2.45, 2.75) is 56.9 Å². The molecule has 28 heavy (non-hydrogen) atoms. The number of aromatic nitrogens is 2. The van der Waals surface area contributed by atoms with Crippen LogP contribution in [0.2, 0.25) is 0 Å². The van der Waals surface area contributed by atoms with Gasteiger partial charge < -0.3 is 15.0 Å². The third kappa shape index (κ3) is 4.28.